The zero-order valence-corrected chi connectivity index (χ0v) is 12.0. The predicted octanol–water partition coefficient (Wildman–Crippen LogP) is -1.33. The van der Waals surface area contributed by atoms with Crippen LogP contribution >= 0.6 is 0 Å². The first-order chi connectivity index (χ1) is 9.39. The molecule has 7 nitrogen and oxygen atoms in total. The summed E-state index contributed by atoms with van der Waals surface area (Å²) in [4.78, 5) is 0. The van der Waals surface area contributed by atoms with Crippen LogP contribution in [-0.2, 0) is 16.8 Å². The molecule has 0 atom stereocenters. The van der Waals surface area contributed by atoms with Crippen LogP contribution in [0.4, 0.5) is 0 Å². The zero-order valence-electron chi connectivity index (χ0n) is 11.2. The number of nitrogens with zero attached hydrogens (tertiary/aromatic N) is 1. The van der Waals surface area contributed by atoms with Gasteiger partial charge >= 0.3 is 0 Å². The summed E-state index contributed by atoms with van der Waals surface area (Å²) in [5, 5.41) is 27.4. The smallest absolute Gasteiger partial charge is 0.280 e. The third kappa shape index (κ3) is 4.23. The predicted molar refractivity (Wildman–Crippen MR) is 74.0 cm³/mol. The Hall–Kier alpha value is -1.03. The minimum atomic E-state index is -3.95. The topological polar surface area (TPSA) is 110 Å². The van der Waals surface area contributed by atoms with Crippen LogP contribution in [-0.4, -0.2) is 60.4 Å². The lowest BCUT2D eigenvalue weighted by Gasteiger charge is -2.30. The maximum Gasteiger partial charge on any atom is 0.280 e. The van der Waals surface area contributed by atoms with Crippen molar-refractivity contribution in [2.75, 3.05) is 26.9 Å². The van der Waals surface area contributed by atoms with Crippen LogP contribution in [0.2, 0.25) is 0 Å². The molecule has 0 fully saturated rings. The SMILES string of the molecule is CN(Cc1ccccc1)S(=O)(=O)NC(CO)(CO)CO. The van der Waals surface area contributed by atoms with Crippen LogP contribution in [0.3, 0.4) is 0 Å². The van der Waals surface area contributed by atoms with E-state index in [0.29, 0.717) is 0 Å². The number of hydrogen-bond acceptors (Lipinski definition) is 5. The third-order valence-corrected chi connectivity index (χ3v) is 4.55. The Labute approximate surface area is 118 Å². The molecular weight excluding hydrogens is 284 g/mol. The second-order valence-electron chi connectivity index (χ2n) is 4.60. The molecule has 0 heterocycles. The molecule has 1 aromatic rings. The Morgan fingerprint density at radius 1 is 1.10 bits per heavy atom. The molecule has 0 radical (unpaired) electrons. The van der Waals surface area contributed by atoms with Crippen molar-refractivity contribution in [1.29, 1.82) is 0 Å². The van der Waals surface area contributed by atoms with Crippen LogP contribution in [0.5, 0.6) is 0 Å². The highest BCUT2D eigenvalue weighted by atomic mass is 32.2. The molecule has 0 unspecified atom stereocenters. The molecule has 0 saturated carbocycles. The molecule has 114 valence electrons. The molecule has 0 saturated heterocycles. The van der Waals surface area contributed by atoms with Crippen molar-refractivity contribution < 1.29 is 23.7 Å². The molecule has 0 aliphatic rings. The lowest BCUT2D eigenvalue weighted by molar-refractivity contribution is 0.0570. The molecule has 0 aromatic heterocycles. The first-order valence-electron chi connectivity index (χ1n) is 6.01. The maximum atomic E-state index is 12.1. The fourth-order valence-corrected chi connectivity index (χ4v) is 2.74. The molecule has 0 amide bonds. The van der Waals surface area contributed by atoms with Gasteiger partial charge in [-0.1, -0.05) is 30.3 Å². The zero-order chi connectivity index (χ0) is 15.2. The Morgan fingerprint density at radius 3 is 2.05 bits per heavy atom. The van der Waals surface area contributed by atoms with Crippen molar-refractivity contribution >= 4 is 10.2 Å². The largest absolute Gasteiger partial charge is 0.394 e. The molecule has 20 heavy (non-hydrogen) atoms. The lowest BCUT2D eigenvalue weighted by Crippen LogP contribution is -2.59. The second kappa shape index (κ2) is 7.11. The molecule has 8 heteroatoms. The van der Waals surface area contributed by atoms with Gasteiger partial charge in [-0.05, 0) is 5.56 Å². The monoisotopic (exact) mass is 304 g/mol. The molecule has 0 spiro atoms. The summed E-state index contributed by atoms with van der Waals surface area (Å²) < 4.78 is 27.4. The van der Waals surface area contributed by atoms with E-state index in [1.165, 1.54) is 7.05 Å². The van der Waals surface area contributed by atoms with Gasteiger partial charge in [0.05, 0.1) is 19.8 Å². The van der Waals surface area contributed by atoms with Crippen LogP contribution in [0, 0.1) is 0 Å². The Kier molecular flexibility index (Phi) is 6.06. The van der Waals surface area contributed by atoms with Gasteiger partial charge in [0.2, 0.25) is 0 Å². The third-order valence-electron chi connectivity index (χ3n) is 2.91. The summed E-state index contributed by atoms with van der Waals surface area (Å²) in [5.74, 6) is 0. The normalized spacial score (nSPS) is 12.8. The van der Waals surface area contributed by atoms with E-state index in [1.807, 2.05) is 6.07 Å². The van der Waals surface area contributed by atoms with Crippen molar-refractivity contribution in [1.82, 2.24) is 9.03 Å². The number of aliphatic hydroxyl groups is 3. The molecule has 0 aliphatic carbocycles. The molecular formula is C12H20N2O5S. The molecule has 1 rings (SSSR count). The van der Waals surface area contributed by atoms with Gasteiger partial charge in [-0.2, -0.15) is 17.4 Å². The minimum Gasteiger partial charge on any atom is -0.394 e. The Balaban J connectivity index is 2.82. The van der Waals surface area contributed by atoms with E-state index in [2.05, 4.69) is 4.72 Å². The van der Waals surface area contributed by atoms with Crippen molar-refractivity contribution in [2.24, 2.45) is 0 Å². The average molecular weight is 304 g/mol. The molecule has 1 aromatic carbocycles. The number of benzene rings is 1. The Morgan fingerprint density at radius 2 is 1.60 bits per heavy atom. The van der Waals surface area contributed by atoms with Crippen molar-refractivity contribution in [3.05, 3.63) is 35.9 Å². The van der Waals surface area contributed by atoms with Gasteiger partial charge < -0.3 is 15.3 Å². The van der Waals surface area contributed by atoms with Crippen LogP contribution < -0.4 is 4.72 Å². The summed E-state index contributed by atoms with van der Waals surface area (Å²) in [7, 11) is -2.58. The van der Waals surface area contributed by atoms with Gasteiger partial charge in [-0.25, -0.2) is 0 Å². The van der Waals surface area contributed by atoms with Gasteiger partial charge in [-0.3, -0.25) is 0 Å². The van der Waals surface area contributed by atoms with Crippen molar-refractivity contribution in [3.8, 4) is 0 Å². The fraction of sp³-hybridized carbons (Fsp3) is 0.500. The van der Waals surface area contributed by atoms with Gasteiger partial charge in [0.1, 0.15) is 5.54 Å². The van der Waals surface area contributed by atoms with E-state index in [9.17, 15) is 8.42 Å². The number of nitrogens with one attached hydrogen (secondary N) is 1. The first-order valence-corrected chi connectivity index (χ1v) is 7.45. The highest BCUT2D eigenvalue weighted by molar-refractivity contribution is 7.87. The van der Waals surface area contributed by atoms with Gasteiger partial charge in [0.25, 0.3) is 10.2 Å². The summed E-state index contributed by atoms with van der Waals surface area (Å²) in [6.07, 6.45) is 0. The van der Waals surface area contributed by atoms with E-state index in [4.69, 9.17) is 15.3 Å². The quantitative estimate of drug-likeness (QED) is 0.475. The van der Waals surface area contributed by atoms with E-state index in [-0.39, 0.29) is 6.54 Å². The standard InChI is InChI=1S/C12H20N2O5S/c1-14(7-11-5-3-2-4-6-11)20(18,19)13-12(8-15,9-16)10-17/h2-6,13,15-17H,7-10H2,1H3. The average Bonchev–Trinajstić information content (AvgIpc) is 2.46. The van der Waals surface area contributed by atoms with Crippen LogP contribution in [0.1, 0.15) is 5.56 Å². The number of rotatable bonds is 8. The summed E-state index contributed by atoms with van der Waals surface area (Å²) >= 11 is 0. The highest BCUT2D eigenvalue weighted by Gasteiger charge is 2.34. The van der Waals surface area contributed by atoms with E-state index >= 15 is 0 Å². The van der Waals surface area contributed by atoms with Crippen LogP contribution in [0.25, 0.3) is 0 Å². The number of hydrogen-bond donors (Lipinski definition) is 4. The summed E-state index contributed by atoms with van der Waals surface area (Å²) in [5.41, 5.74) is -0.882. The second-order valence-corrected chi connectivity index (χ2v) is 6.38. The lowest BCUT2D eigenvalue weighted by atomic mass is 10.1. The Bertz CT molecular complexity index is 494. The highest BCUT2D eigenvalue weighted by Crippen LogP contribution is 2.10. The van der Waals surface area contributed by atoms with E-state index < -0.39 is 35.6 Å². The van der Waals surface area contributed by atoms with E-state index in [0.717, 1.165) is 9.87 Å². The maximum absolute atomic E-state index is 12.1. The molecule has 4 N–H and O–H groups in total. The van der Waals surface area contributed by atoms with Gasteiger partial charge in [-0.15, -0.1) is 0 Å². The summed E-state index contributed by atoms with van der Waals surface area (Å²) in [6.45, 7) is -2.00. The van der Waals surface area contributed by atoms with E-state index in [1.54, 1.807) is 24.3 Å². The number of aliphatic hydroxyl groups excluding tert-OH is 3. The van der Waals surface area contributed by atoms with Crippen molar-refractivity contribution in [3.63, 3.8) is 0 Å². The summed E-state index contributed by atoms with van der Waals surface area (Å²) in [6, 6.07) is 8.97. The van der Waals surface area contributed by atoms with Gasteiger partial charge in [0.15, 0.2) is 0 Å². The van der Waals surface area contributed by atoms with Crippen molar-refractivity contribution in [2.45, 2.75) is 12.1 Å². The molecule has 0 aliphatic heterocycles. The van der Waals surface area contributed by atoms with Crippen LogP contribution in [0.15, 0.2) is 30.3 Å². The van der Waals surface area contributed by atoms with Gasteiger partial charge in [0, 0.05) is 13.6 Å². The minimum absolute atomic E-state index is 0.133. The first kappa shape index (κ1) is 17.0. The molecule has 0 bridgehead atoms. The fourth-order valence-electron chi connectivity index (χ4n) is 1.52.